The molecule has 0 aromatic heterocycles. The van der Waals surface area contributed by atoms with E-state index in [2.05, 4.69) is 27.7 Å². The van der Waals surface area contributed by atoms with Crippen molar-refractivity contribution in [2.75, 3.05) is 0 Å². The van der Waals surface area contributed by atoms with Gasteiger partial charge in [-0.25, -0.2) is 0 Å². The molecule has 0 amide bonds. The standard InChI is InChI=1S/C13H20O3/c1-6(2)13(7(3)4)9-5-8-10(15-9)11(13)16-12(8)14/h6-11H,5H2,1-4H3. The van der Waals surface area contributed by atoms with Gasteiger partial charge in [0.1, 0.15) is 12.2 Å². The molecule has 3 heteroatoms. The number of carbonyl (C=O) groups excluding carboxylic acids is 1. The first-order valence-corrected chi connectivity index (χ1v) is 6.35. The molecule has 3 heterocycles. The van der Waals surface area contributed by atoms with E-state index >= 15 is 0 Å². The molecule has 3 nitrogen and oxygen atoms in total. The number of rotatable bonds is 2. The van der Waals surface area contributed by atoms with Crippen LogP contribution < -0.4 is 0 Å². The molecular formula is C13H20O3. The van der Waals surface area contributed by atoms with E-state index < -0.39 is 0 Å². The van der Waals surface area contributed by atoms with Crippen LogP contribution in [0.25, 0.3) is 0 Å². The summed E-state index contributed by atoms with van der Waals surface area (Å²) >= 11 is 0. The summed E-state index contributed by atoms with van der Waals surface area (Å²) in [5.41, 5.74) is 0.0350. The van der Waals surface area contributed by atoms with Crippen LogP contribution in [0.15, 0.2) is 0 Å². The van der Waals surface area contributed by atoms with Crippen LogP contribution in [-0.4, -0.2) is 24.3 Å². The van der Waals surface area contributed by atoms with Gasteiger partial charge in [-0.05, 0) is 18.3 Å². The summed E-state index contributed by atoms with van der Waals surface area (Å²) in [6.07, 6.45) is 1.14. The molecule has 0 aliphatic carbocycles. The fourth-order valence-electron chi connectivity index (χ4n) is 4.46. The Hall–Kier alpha value is -0.570. The fourth-order valence-corrected chi connectivity index (χ4v) is 4.46. The van der Waals surface area contributed by atoms with E-state index in [4.69, 9.17) is 9.47 Å². The molecule has 0 radical (unpaired) electrons. The molecule has 0 aromatic rings. The third-order valence-electron chi connectivity index (χ3n) is 5.08. The van der Waals surface area contributed by atoms with E-state index in [9.17, 15) is 4.79 Å². The lowest BCUT2D eigenvalue weighted by Crippen LogP contribution is -2.51. The smallest absolute Gasteiger partial charge is 0.312 e. The van der Waals surface area contributed by atoms with Crippen LogP contribution in [0.1, 0.15) is 34.1 Å². The fraction of sp³-hybridized carbons (Fsp3) is 0.923. The van der Waals surface area contributed by atoms with E-state index in [0.29, 0.717) is 11.8 Å². The first kappa shape index (κ1) is 10.6. The predicted octanol–water partition coefficient (Wildman–Crippen LogP) is 2.00. The van der Waals surface area contributed by atoms with Crippen molar-refractivity contribution in [2.24, 2.45) is 23.2 Å². The zero-order chi connectivity index (χ0) is 11.7. The summed E-state index contributed by atoms with van der Waals surface area (Å²) in [6, 6.07) is 0. The maximum Gasteiger partial charge on any atom is 0.312 e. The van der Waals surface area contributed by atoms with E-state index in [1.165, 1.54) is 0 Å². The van der Waals surface area contributed by atoms with E-state index in [-0.39, 0.29) is 35.6 Å². The van der Waals surface area contributed by atoms with Crippen LogP contribution in [-0.2, 0) is 14.3 Å². The highest BCUT2D eigenvalue weighted by Crippen LogP contribution is 2.61. The summed E-state index contributed by atoms with van der Waals surface area (Å²) in [6.45, 7) is 8.91. The molecule has 16 heavy (non-hydrogen) atoms. The summed E-state index contributed by atoms with van der Waals surface area (Å²) in [5.74, 6) is 0.972. The maximum atomic E-state index is 11.7. The van der Waals surface area contributed by atoms with Gasteiger partial charge in [-0.15, -0.1) is 0 Å². The lowest BCUT2D eigenvalue weighted by atomic mass is 9.58. The van der Waals surface area contributed by atoms with Gasteiger partial charge in [0.2, 0.25) is 0 Å². The third-order valence-corrected chi connectivity index (χ3v) is 5.08. The lowest BCUT2D eigenvalue weighted by molar-refractivity contribution is -0.149. The molecule has 90 valence electrons. The van der Waals surface area contributed by atoms with Crippen LogP contribution in [0, 0.1) is 23.2 Å². The second kappa shape index (κ2) is 3.00. The zero-order valence-electron chi connectivity index (χ0n) is 10.4. The number of esters is 1. The van der Waals surface area contributed by atoms with Gasteiger partial charge in [0.05, 0.1) is 12.0 Å². The summed E-state index contributed by atoms with van der Waals surface area (Å²) < 4.78 is 11.6. The number of hydrogen-bond donors (Lipinski definition) is 0. The van der Waals surface area contributed by atoms with Crippen LogP contribution in [0.5, 0.6) is 0 Å². The van der Waals surface area contributed by atoms with Crippen molar-refractivity contribution in [3.05, 3.63) is 0 Å². The van der Waals surface area contributed by atoms with Gasteiger partial charge in [0, 0.05) is 5.41 Å². The van der Waals surface area contributed by atoms with Crippen LogP contribution in [0.4, 0.5) is 0 Å². The first-order valence-electron chi connectivity index (χ1n) is 6.35. The van der Waals surface area contributed by atoms with E-state index in [1.54, 1.807) is 0 Å². The Morgan fingerprint density at radius 1 is 1.25 bits per heavy atom. The first-order chi connectivity index (χ1) is 7.49. The highest BCUT2D eigenvalue weighted by molar-refractivity contribution is 5.77. The van der Waals surface area contributed by atoms with Gasteiger partial charge in [-0.2, -0.15) is 0 Å². The minimum Gasteiger partial charge on any atom is -0.459 e. The quantitative estimate of drug-likeness (QED) is 0.673. The summed E-state index contributed by atoms with van der Waals surface area (Å²) in [4.78, 5) is 11.7. The highest BCUT2D eigenvalue weighted by Gasteiger charge is 2.71. The number of carbonyl (C=O) groups is 1. The molecule has 3 rings (SSSR count). The van der Waals surface area contributed by atoms with Crippen molar-refractivity contribution in [3.63, 3.8) is 0 Å². The zero-order valence-corrected chi connectivity index (χ0v) is 10.4. The minimum absolute atomic E-state index is 0.00347. The van der Waals surface area contributed by atoms with Crippen molar-refractivity contribution in [1.82, 2.24) is 0 Å². The van der Waals surface area contributed by atoms with Gasteiger partial charge in [0.25, 0.3) is 0 Å². The monoisotopic (exact) mass is 224 g/mol. The van der Waals surface area contributed by atoms with Crippen LogP contribution >= 0.6 is 0 Å². The van der Waals surface area contributed by atoms with Gasteiger partial charge in [-0.3, -0.25) is 4.79 Å². The number of ether oxygens (including phenoxy) is 2. The Bertz CT molecular complexity index is 326. The van der Waals surface area contributed by atoms with Crippen molar-refractivity contribution < 1.29 is 14.3 Å². The Kier molecular flexibility index (Phi) is 1.99. The van der Waals surface area contributed by atoms with Crippen molar-refractivity contribution in [2.45, 2.75) is 52.4 Å². The molecule has 3 saturated heterocycles. The minimum atomic E-state index is -0.0272. The molecule has 4 unspecified atom stereocenters. The molecule has 2 bridgehead atoms. The lowest BCUT2D eigenvalue weighted by Gasteiger charge is -2.44. The van der Waals surface area contributed by atoms with Crippen molar-refractivity contribution >= 4 is 5.97 Å². The second-order valence-corrected chi connectivity index (χ2v) is 6.10. The summed E-state index contributed by atoms with van der Waals surface area (Å²) in [7, 11) is 0. The topological polar surface area (TPSA) is 35.5 Å². The van der Waals surface area contributed by atoms with E-state index in [0.717, 1.165) is 6.42 Å². The second-order valence-electron chi connectivity index (χ2n) is 6.10. The molecule has 0 aromatic carbocycles. The Labute approximate surface area is 96.5 Å². The largest absolute Gasteiger partial charge is 0.459 e. The third kappa shape index (κ3) is 0.922. The predicted molar refractivity (Wildman–Crippen MR) is 58.8 cm³/mol. The molecule has 0 N–H and O–H groups in total. The van der Waals surface area contributed by atoms with Gasteiger partial charge in [-0.1, -0.05) is 27.7 Å². The average Bonchev–Trinajstić information content (AvgIpc) is 2.76. The number of hydrogen-bond acceptors (Lipinski definition) is 3. The average molecular weight is 224 g/mol. The molecule has 3 aliphatic heterocycles. The SMILES string of the molecule is CC(C)C1(C(C)C)C2CC3C(=O)OC1C3O2. The molecule has 3 fully saturated rings. The van der Waals surface area contributed by atoms with Crippen LogP contribution in [0.3, 0.4) is 0 Å². The van der Waals surface area contributed by atoms with Crippen molar-refractivity contribution in [1.29, 1.82) is 0 Å². The Morgan fingerprint density at radius 3 is 2.44 bits per heavy atom. The van der Waals surface area contributed by atoms with Crippen molar-refractivity contribution in [3.8, 4) is 0 Å². The molecular weight excluding hydrogens is 204 g/mol. The van der Waals surface area contributed by atoms with E-state index in [1.807, 2.05) is 0 Å². The molecule has 4 atom stereocenters. The normalized spacial score (nSPS) is 43.5. The molecule has 0 saturated carbocycles. The van der Waals surface area contributed by atoms with Gasteiger partial charge in [0.15, 0.2) is 0 Å². The van der Waals surface area contributed by atoms with Gasteiger partial charge >= 0.3 is 5.97 Å². The number of fused-ring (bicyclic) bond motifs is 1. The maximum absolute atomic E-state index is 11.7. The summed E-state index contributed by atoms with van der Waals surface area (Å²) in [5, 5.41) is 0. The molecule has 3 aliphatic rings. The van der Waals surface area contributed by atoms with Gasteiger partial charge < -0.3 is 9.47 Å². The van der Waals surface area contributed by atoms with Crippen LogP contribution in [0.2, 0.25) is 0 Å². The molecule has 0 spiro atoms. The Morgan fingerprint density at radius 2 is 1.88 bits per heavy atom. The Balaban J connectivity index is 2.06. The highest BCUT2D eigenvalue weighted by atomic mass is 16.6.